The third-order valence-electron chi connectivity index (χ3n) is 7.20. The summed E-state index contributed by atoms with van der Waals surface area (Å²) in [5, 5.41) is 2.71. The van der Waals surface area contributed by atoms with Crippen LogP contribution in [-0.2, 0) is 9.47 Å². The van der Waals surface area contributed by atoms with E-state index in [0.29, 0.717) is 25.9 Å². The maximum atomic E-state index is 16.0. The molecule has 0 bridgehead atoms. The number of esters is 1. The van der Waals surface area contributed by atoms with Gasteiger partial charge in [0.25, 0.3) is 0 Å². The molecule has 2 atom stereocenters. The topological polar surface area (TPSA) is 89.9 Å². The third kappa shape index (κ3) is 4.30. The number of aromatic nitrogens is 1. The fraction of sp³-hybridized carbons (Fsp3) is 0.577. The number of carbonyl (C=O) groups is 2. The van der Waals surface area contributed by atoms with E-state index in [4.69, 9.17) is 9.47 Å². The number of carbonyl (C=O) groups excluding carboxylic acids is 2. The van der Waals surface area contributed by atoms with E-state index in [9.17, 15) is 14.4 Å². The van der Waals surface area contributed by atoms with Gasteiger partial charge in [0.1, 0.15) is 22.7 Å². The molecule has 2 saturated carbocycles. The van der Waals surface area contributed by atoms with Crippen molar-refractivity contribution in [3.05, 3.63) is 39.7 Å². The minimum atomic E-state index is -0.852. The third-order valence-corrected chi connectivity index (χ3v) is 7.20. The van der Waals surface area contributed by atoms with Crippen LogP contribution >= 0.6 is 0 Å². The molecular formula is C26H31F2N3O5. The number of benzene rings is 1. The van der Waals surface area contributed by atoms with Crippen molar-refractivity contribution < 1.29 is 27.8 Å². The molecule has 2 unspecified atom stereocenters. The number of ether oxygens (including phenoxy) is 2. The number of pyridine rings is 1. The van der Waals surface area contributed by atoms with Gasteiger partial charge in [0.15, 0.2) is 5.82 Å². The summed E-state index contributed by atoms with van der Waals surface area (Å²) in [6.07, 6.45) is 3.76. The number of nitrogens with zero attached hydrogens (tertiary/aromatic N) is 2. The van der Waals surface area contributed by atoms with Gasteiger partial charge in [-0.05, 0) is 59.4 Å². The highest BCUT2D eigenvalue weighted by Gasteiger charge is 2.59. The largest absolute Gasteiger partial charge is 0.462 e. The van der Waals surface area contributed by atoms with Crippen molar-refractivity contribution in [2.45, 2.75) is 71.1 Å². The minimum absolute atomic E-state index is 0.00660. The molecule has 1 saturated heterocycles. The lowest BCUT2D eigenvalue weighted by molar-refractivity contribution is 0.0509. The van der Waals surface area contributed by atoms with Crippen LogP contribution in [0.4, 0.5) is 19.3 Å². The second-order valence-electron chi connectivity index (χ2n) is 11.1. The Morgan fingerprint density at radius 2 is 1.97 bits per heavy atom. The lowest BCUT2D eigenvalue weighted by Crippen LogP contribution is -2.36. The second-order valence-corrected chi connectivity index (χ2v) is 11.1. The van der Waals surface area contributed by atoms with E-state index in [-0.39, 0.29) is 46.3 Å². The van der Waals surface area contributed by atoms with E-state index in [1.54, 1.807) is 37.2 Å². The Labute approximate surface area is 207 Å². The lowest BCUT2D eigenvalue weighted by atomic mass is 10.1. The monoisotopic (exact) mass is 503 g/mol. The molecule has 1 aromatic heterocycles. The molecule has 5 rings (SSSR count). The molecule has 36 heavy (non-hydrogen) atoms. The van der Waals surface area contributed by atoms with Crippen LogP contribution < -0.4 is 15.6 Å². The van der Waals surface area contributed by atoms with E-state index in [0.717, 1.165) is 18.9 Å². The average molecular weight is 504 g/mol. The molecule has 1 aliphatic heterocycles. The number of hydrogen-bond donors (Lipinski definition) is 1. The van der Waals surface area contributed by atoms with E-state index in [1.165, 1.54) is 6.20 Å². The van der Waals surface area contributed by atoms with Crippen molar-refractivity contribution in [2.24, 2.45) is 5.41 Å². The average Bonchev–Trinajstić information content (AvgIpc) is 3.67. The summed E-state index contributed by atoms with van der Waals surface area (Å²) in [6.45, 7) is 7.86. The number of fused-ring (bicyclic) bond motifs is 1. The summed E-state index contributed by atoms with van der Waals surface area (Å²) in [4.78, 5) is 39.2. The number of halogens is 2. The summed E-state index contributed by atoms with van der Waals surface area (Å²) >= 11 is 0. The fourth-order valence-electron chi connectivity index (χ4n) is 5.26. The molecule has 3 aliphatic rings. The van der Waals surface area contributed by atoms with Crippen molar-refractivity contribution in [3.63, 3.8) is 0 Å². The van der Waals surface area contributed by atoms with Gasteiger partial charge >= 0.3 is 12.1 Å². The van der Waals surface area contributed by atoms with Crippen LogP contribution in [0.2, 0.25) is 0 Å². The first kappa shape index (κ1) is 24.5. The predicted octanol–water partition coefficient (Wildman–Crippen LogP) is 4.28. The molecule has 2 heterocycles. The van der Waals surface area contributed by atoms with Gasteiger partial charge < -0.3 is 24.3 Å². The molecule has 1 spiro atoms. The molecule has 194 valence electrons. The summed E-state index contributed by atoms with van der Waals surface area (Å²) in [5.74, 6) is -2.46. The van der Waals surface area contributed by atoms with E-state index >= 15 is 8.78 Å². The highest BCUT2D eigenvalue weighted by Crippen LogP contribution is 2.54. The highest BCUT2D eigenvalue weighted by molar-refractivity contribution is 5.95. The quantitative estimate of drug-likeness (QED) is 0.613. The first-order valence-corrected chi connectivity index (χ1v) is 12.4. The smallest absolute Gasteiger partial charge is 0.407 e. The van der Waals surface area contributed by atoms with Crippen molar-refractivity contribution in [3.8, 4) is 0 Å². The second kappa shape index (κ2) is 8.45. The van der Waals surface area contributed by atoms with Gasteiger partial charge in [0.2, 0.25) is 5.43 Å². The molecule has 8 nitrogen and oxygen atoms in total. The Morgan fingerprint density at radius 3 is 2.61 bits per heavy atom. The first-order chi connectivity index (χ1) is 16.9. The Kier molecular flexibility index (Phi) is 5.76. The van der Waals surface area contributed by atoms with E-state index in [2.05, 4.69) is 5.32 Å². The van der Waals surface area contributed by atoms with Gasteiger partial charge in [-0.3, -0.25) is 4.79 Å². The van der Waals surface area contributed by atoms with E-state index < -0.39 is 34.7 Å². The normalized spacial score (nSPS) is 23.3. The molecular weight excluding hydrogens is 472 g/mol. The van der Waals surface area contributed by atoms with Gasteiger partial charge in [0.05, 0.1) is 17.5 Å². The van der Waals surface area contributed by atoms with Gasteiger partial charge in [-0.15, -0.1) is 0 Å². The van der Waals surface area contributed by atoms with Crippen LogP contribution in [0.15, 0.2) is 17.1 Å². The molecule has 3 fully saturated rings. The van der Waals surface area contributed by atoms with Gasteiger partial charge in [-0.2, -0.15) is 0 Å². The zero-order chi connectivity index (χ0) is 26.0. The Morgan fingerprint density at radius 1 is 1.25 bits per heavy atom. The summed E-state index contributed by atoms with van der Waals surface area (Å²) in [5.41, 5.74) is -2.03. The molecule has 1 amide bonds. The molecule has 2 aromatic rings. The van der Waals surface area contributed by atoms with Crippen molar-refractivity contribution in [1.29, 1.82) is 0 Å². The molecule has 2 aliphatic carbocycles. The maximum Gasteiger partial charge on any atom is 0.407 e. The van der Waals surface area contributed by atoms with Gasteiger partial charge in [0, 0.05) is 36.8 Å². The highest BCUT2D eigenvalue weighted by atomic mass is 19.1. The summed E-state index contributed by atoms with van der Waals surface area (Å²) < 4.78 is 43.3. The molecule has 1 N–H and O–H groups in total. The number of alkyl carbamates (subject to hydrolysis) is 1. The number of rotatable bonds is 5. The van der Waals surface area contributed by atoms with Gasteiger partial charge in [-0.1, -0.05) is 0 Å². The first-order valence-electron chi connectivity index (χ1n) is 12.4. The number of anilines is 1. The van der Waals surface area contributed by atoms with Crippen molar-refractivity contribution in [1.82, 2.24) is 9.88 Å². The van der Waals surface area contributed by atoms with Crippen molar-refractivity contribution in [2.75, 3.05) is 24.6 Å². The zero-order valence-corrected chi connectivity index (χ0v) is 21.0. The fourth-order valence-corrected chi connectivity index (χ4v) is 5.26. The molecule has 10 heteroatoms. The zero-order valence-electron chi connectivity index (χ0n) is 21.0. The van der Waals surface area contributed by atoms with Crippen molar-refractivity contribution >= 4 is 28.7 Å². The van der Waals surface area contributed by atoms with Crippen LogP contribution in [0.1, 0.15) is 69.8 Å². The van der Waals surface area contributed by atoms with Crippen LogP contribution in [0.5, 0.6) is 0 Å². The maximum absolute atomic E-state index is 16.0. The minimum Gasteiger partial charge on any atom is -0.462 e. The molecule has 1 aromatic carbocycles. The van der Waals surface area contributed by atoms with Crippen LogP contribution in [-0.4, -0.2) is 48.0 Å². The Bertz CT molecular complexity index is 1310. The standard InChI is InChI=1S/C26H31F2N3O5/c1-5-35-23(33)16-12-31(14-6-7-14)20-15(22(16)32)10-17(27)21(19(20)28)30-9-8-26(13-30)11-18(26)29-24(34)36-25(2,3)4/h10,12,14,18H,5-9,11,13H2,1-4H3,(H,29,34). The molecule has 0 radical (unpaired) electrons. The Balaban J connectivity index is 1.46. The predicted molar refractivity (Wildman–Crippen MR) is 129 cm³/mol. The van der Waals surface area contributed by atoms with Crippen LogP contribution in [0.25, 0.3) is 10.9 Å². The van der Waals surface area contributed by atoms with Crippen LogP contribution in [0, 0.1) is 17.0 Å². The number of nitrogens with one attached hydrogen (secondary N) is 1. The summed E-state index contributed by atoms with van der Waals surface area (Å²) in [7, 11) is 0. The SMILES string of the molecule is CCOC(=O)c1cn(C2CC2)c2c(F)c(N3CCC4(CC4NC(=O)OC(C)(C)C)C3)c(F)cc2c1=O. The van der Waals surface area contributed by atoms with Crippen LogP contribution in [0.3, 0.4) is 0 Å². The Hall–Kier alpha value is -3.17. The lowest BCUT2D eigenvalue weighted by Gasteiger charge is -2.23. The summed E-state index contributed by atoms with van der Waals surface area (Å²) in [6, 6.07) is 0.844. The number of hydrogen-bond acceptors (Lipinski definition) is 6. The van der Waals surface area contributed by atoms with E-state index in [1.807, 2.05) is 0 Å². The number of amides is 1. The van der Waals surface area contributed by atoms with Gasteiger partial charge in [-0.25, -0.2) is 18.4 Å².